The maximum absolute atomic E-state index is 13.5. The van der Waals surface area contributed by atoms with Crippen molar-refractivity contribution in [2.75, 3.05) is 19.9 Å². The van der Waals surface area contributed by atoms with Crippen LogP contribution in [0.15, 0.2) is 46.1 Å². The minimum absolute atomic E-state index is 0.196. The summed E-state index contributed by atoms with van der Waals surface area (Å²) in [6.07, 6.45) is -1.36. The molecule has 3 rings (SSSR count). The predicted molar refractivity (Wildman–Crippen MR) is 136 cm³/mol. The number of carbonyl (C=O) groups excluding carboxylic acids is 2. The van der Waals surface area contributed by atoms with Crippen molar-refractivity contribution in [3.63, 3.8) is 0 Å². The molecular formula is C25H34N3O7P. The van der Waals surface area contributed by atoms with E-state index in [1.165, 1.54) is 17.7 Å². The Hall–Kier alpha value is -2.65. The Morgan fingerprint density at radius 1 is 1.19 bits per heavy atom. The smallest absolute Gasteiger partial charge is 0.330 e. The highest BCUT2D eigenvalue weighted by molar-refractivity contribution is 7.50. The van der Waals surface area contributed by atoms with Gasteiger partial charge in [-0.3, -0.25) is 23.9 Å². The third-order valence-electron chi connectivity index (χ3n) is 5.80. The van der Waals surface area contributed by atoms with Crippen LogP contribution < -0.4 is 16.6 Å². The molecule has 0 saturated carbocycles. The number of aromatic nitrogens is 2. The largest absolute Gasteiger partial charge is 0.371 e. The molecule has 1 aliphatic heterocycles. The van der Waals surface area contributed by atoms with Gasteiger partial charge in [0.15, 0.2) is 18.1 Å². The van der Waals surface area contributed by atoms with E-state index in [0.717, 1.165) is 5.56 Å². The van der Waals surface area contributed by atoms with Crippen molar-refractivity contribution in [1.29, 1.82) is 0 Å². The highest BCUT2D eigenvalue weighted by Crippen LogP contribution is 2.40. The number of H-pyrrole nitrogens is 1. The summed E-state index contributed by atoms with van der Waals surface area (Å²) in [7, 11) is -0.936. The summed E-state index contributed by atoms with van der Waals surface area (Å²) in [5.41, 5.74) is 0.0336. The molecule has 10 nitrogen and oxygen atoms in total. The number of nitrogens with one attached hydrogen (secondary N) is 2. The number of ether oxygens (including phenoxy) is 2. The molecule has 5 atom stereocenters. The van der Waals surface area contributed by atoms with Gasteiger partial charge in [0.25, 0.3) is 11.5 Å². The van der Waals surface area contributed by atoms with Gasteiger partial charge in [-0.2, -0.15) is 0 Å². The lowest BCUT2D eigenvalue weighted by molar-refractivity contribution is -0.139. The first-order valence-electron chi connectivity index (χ1n) is 11.9. The van der Waals surface area contributed by atoms with E-state index in [2.05, 4.69) is 10.3 Å². The molecule has 1 fully saturated rings. The van der Waals surface area contributed by atoms with Crippen LogP contribution in [-0.4, -0.2) is 65.5 Å². The summed E-state index contributed by atoms with van der Waals surface area (Å²) in [4.78, 5) is 52.7. The van der Waals surface area contributed by atoms with Crippen molar-refractivity contribution in [2.24, 2.45) is 0 Å². The second kappa shape index (κ2) is 12.5. The van der Waals surface area contributed by atoms with Crippen molar-refractivity contribution in [3.05, 3.63) is 68.5 Å². The summed E-state index contributed by atoms with van der Waals surface area (Å²) < 4.78 is 19.5. The van der Waals surface area contributed by atoms with E-state index in [1.54, 1.807) is 6.92 Å². The molecule has 1 saturated heterocycles. The van der Waals surface area contributed by atoms with Crippen LogP contribution in [0.3, 0.4) is 0 Å². The van der Waals surface area contributed by atoms with E-state index in [4.69, 9.17) is 14.0 Å². The van der Waals surface area contributed by atoms with Crippen LogP contribution in [0.5, 0.6) is 0 Å². The first-order chi connectivity index (χ1) is 17.1. The van der Waals surface area contributed by atoms with Crippen LogP contribution in [-0.2, 0) is 30.0 Å². The molecule has 1 amide bonds. The fraction of sp³-hybridized carbons (Fsp3) is 0.520. The van der Waals surface area contributed by atoms with Gasteiger partial charge >= 0.3 is 5.69 Å². The standard InChI is InChI=1S/C25H34N3O7P/c1-6-12-33-21-19(35-36(4)5)20(34-24(21)28-14-15(2)22(30)27-25(28)32)23(31)26-18(16(3)29)13-17-10-8-7-9-11-17/h7-11,14,18-21,24H,6,12-13H2,1-5H3,(H,26,31)(H,27,30,32)/t18?,19-,20-,21?,24-/m0/s1. The second-order valence-corrected chi connectivity index (χ2v) is 10.8. The van der Waals surface area contributed by atoms with Gasteiger partial charge in [-0.25, -0.2) is 4.79 Å². The van der Waals surface area contributed by atoms with Crippen LogP contribution in [0, 0.1) is 6.92 Å². The number of benzene rings is 1. The maximum Gasteiger partial charge on any atom is 0.330 e. The number of rotatable bonds is 11. The zero-order chi connectivity index (χ0) is 26.4. The summed E-state index contributed by atoms with van der Waals surface area (Å²) in [5, 5.41) is 2.81. The van der Waals surface area contributed by atoms with Gasteiger partial charge in [-0.1, -0.05) is 37.3 Å². The Labute approximate surface area is 211 Å². The molecule has 0 spiro atoms. The molecular weight excluding hydrogens is 485 g/mol. The zero-order valence-corrected chi connectivity index (χ0v) is 22.1. The van der Waals surface area contributed by atoms with Gasteiger partial charge in [0.05, 0.1) is 6.04 Å². The third kappa shape index (κ3) is 6.76. The molecule has 196 valence electrons. The summed E-state index contributed by atoms with van der Waals surface area (Å²) in [6.45, 7) is 9.06. The van der Waals surface area contributed by atoms with E-state index >= 15 is 0 Å². The number of hydrogen-bond donors (Lipinski definition) is 2. The van der Waals surface area contributed by atoms with Crippen LogP contribution in [0.25, 0.3) is 0 Å². The number of ketones is 1. The number of hydrogen-bond acceptors (Lipinski definition) is 7. The van der Waals surface area contributed by atoms with Crippen molar-refractivity contribution < 1.29 is 23.6 Å². The van der Waals surface area contributed by atoms with Crippen molar-refractivity contribution in [2.45, 2.75) is 64.2 Å². The summed E-state index contributed by atoms with van der Waals surface area (Å²) in [6, 6.07) is 8.62. The second-order valence-electron chi connectivity index (χ2n) is 9.01. The third-order valence-corrected chi connectivity index (χ3v) is 6.47. The molecule has 36 heavy (non-hydrogen) atoms. The Bertz CT molecular complexity index is 1160. The quantitative estimate of drug-likeness (QED) is 0.434. The monoisotopic (exact) mass is 519 g/mol. The minimum atomic E-state index is -1.14. The van der Waals surface area contributed by atoms with Gasteiger partial charge < -0.3 is 19.3 Å². The first-order valence-corrected chi connectivity index (χ1v) is 14.1. The van der Waals surface area contributed by atoms with Crippen molar-refractivity contribution in [1.82, 2.24) is 14.9 Å². The molecule has 2 aromatic rings. The van der Waals surface area contributed by atoms with Gasteiger partial charge in [0.2, 0.25) is 0 Å². The molecule has 0 bridgehead atoms. The van der Waals surface area contributed by atoms with E-state index in [1.807, 2.05) is 50.6 Å². The van der Waals surface area contributed by atoms with Gasteiger partial charge in [-0.05, 0) is 45.6 Å². The number of nitrogens with zero attached hydrogens (tertiary/aromatic N) is 1. The summed E-state index contributed by atoms with van der Waals surface area (Å²) >= 11 is 0. The fourth-order valence-electron chi connectivity index (χ4n) is 4.04. The lowest BCUT2D eigenvalue weighted by Crippen LogP contribution is -2.50. The minimum Gasteiger partial charge on any atom is -0.371 e. The first kappa shape index (κ1) is 27.9. The average Bonchev–Trinajstić information content (AvgIpc) is 3.17. The van der Waals surface area contributed by atoms with Crippen LogP contribution in [0.1, 0.15) is 37.6 Å². The number of carbonyl (C=O) groups is 2. The van der Waals surface area contributed by atoms with Crippen molar-refractivity contribution >= 4 is 19.8 Å². The highest BCUT2D eigenvalue weighted by atomic mass is 31.1. The highest BCUT2D eigenvalue weighted by Gasteiger charge is 2.51. The van der Waals surface area contributed by atoms with Crippen LogP contribution in [0.4, 0.5) is 0 Å². The normalized spacial score (nSPS) is 22.5. The fourth-order valence-corrected chi connectivity index (χ4v) is 4.76. The number of amides is 1. The van der Waals surface area contributed by atoms with Crippen LogP contribution >= 0.6 is 8.15 Å². The van der Waals surface area contributed by atoms with Gasteiger partial charge in [-0.15, -0.1) is 0 Å². The Balaban J connectivity index is 1.94. The molecule has 1 aromatic heterocycles. The van der Waals surface area contributed by atoms with E-state index < -0.39 is 55.9 Å². The molecule has 0 radical (unpaired) electrons. The number of aryl methyl sites for hydroxylation is 1. The van der Waals surface area contributed by atoms with E-state index in [0.29, 0.717) is 25.0 Å². The van der Waals surface area contributed by atoms with Gasteiger partial charge in [0, 0.05) is 26.5 Å². The van der Waals surface area contributed by atoms with Crippen LogP contribution in [0.2, 0.25) is 0 Å². The summed E-state index contributed by atoms with van der Waals surface area (Å²) in [5.74, 6) is -0.728. The zero-order valence-electron chi connectivity index (χ0n) is 21.2. The molecule has 0 aliphatic carbocycles. The van der Waals surface area contributed by atoms with E-state index in [9.17, 15) is 19.2 Å². The lowest BCUT2D eigenvalue weighted by Gasteiger charge is -2.27. The molecule has 11 heteroatoms. The Morgan fingerprint density at radius 3 is 2.50 bits per heavy atom. The predicted octanol–water partition coefficient (Wildman–Crippen LogP) is 1.90. The van der Waals surface area contributed by atoms with Gasteiger partial charge in [0.1, 0.15) is 12.2 Å². The van der Waals surface area contributed by atoms with E-state index in [-0.39, 0.29) is 5.78 Å². The Morgan fingerprint density at radius 2 is 1.89 bits per heavy atom. The topological polar surface area (TPSA) is 129 Å². The molecule has 1 aliphatic rings. The molecule has 2 heterocycles. The molecule has 1 aromatic carbocycles. The number of Topliss-reactive ketones (excluding diaryl/α,β-unsaturated/α-hetero) is 1. The average molecular weight is 520 g/mol. The Kier molecular flexibility index (Phi) is 9.73. The maximum atomic E-state index is 13.5. The molecule has 2 unspecified atom stereocenters. The van der Waals surface area contributed by atoms with Crippen molar-refractivity contribution in [3.8, 4) is 0 Å². The lowest BCUT2D eigenvalue weighted by atomic mass is 10.0. The SMILES string of the molecule is CCCOC1[C@@H](OP(C)C)[C@@H](C(=O)NC(Cc2ccccc2)C(C)=O)O[C@@H]1n1cc(C)c(=O)[nH]c1=O. The molecule has 2 N–H and O–H groups in total. The number of aromatic amines is 1.